The maximum absolute atomic E-state index is 11.3. The Morgan fingerprint density at radius 3 is 2.75 bits per heavy atom. The molecule has 12 heavy (non-hydrogen) atoms. The summed E-state index contributed by atoms with van der Waals surface area (Å²) >= 11 is 0. The zero-order valence-electron chi connectivity index (χ0n) is 6.95. The standard InChI is InChI=1S/C7H14NO3S/c9-4-1-2-7-6-8-3-5-12(7,10)11/h7-8H,1-6H2. The van der Waals surface area contributed by atoms with Gasteiger partial charge in [0.15, 0.2) is 9.84 Å². The van der Waals surface area contributed by atoms with E-state index in [1.165, 1.54) is 0 Å². The van der Waals surface area contributed by atoms with Crippen molar-refractivity contribution >= 4 is 9.84 Å². The predicted octanol–water partition coefficient (Wildman–Crippen LogP) is -0.416. The van der Waals surface area contributed by atoms with Crippen LogP contribution in [0.25, 0.3) is 0 Å². The lowest BCUT2D eigenvalue weighted by Gasteiger charge is -2.22. The average molecular weight is 192 g/mol. The second kappa shape index (κ2) is 4.20. The number of sulfone groups is 1. The van der Waals surface area contributed by atoms with E-state index in [9.17, 15) is 13.5 Å². The van der Waals surface area contributed by atoms with Crippen LogP contribution in [0, 0.1) is 0 Å². The van der Waals surface area contributed by atoms with E-state index >= 15 is 0 Å². The monoisotopic (exact) mass is 192 g/mol. The molecule has 0 amide bonds. The Hall–Kier alpha value is -0.130. The molecule has 0 aromatic heterocycles. The molecule has 1 fully saturated rings. The van der Waals surface area contributed by atoms with Crippen molar-refractivity contribution in [3.63, 3.8) is 0 Å². The Labute approximate surface area is 72.9 Å². The zero-order valence-corrected chi connectivity index (χ0v) is 7.77. The van der Waals surface area contributed by atoms with Crippen LogP contribution in [0.4, 0.5) is 0 Å². The van der Waals surface area contributed by atoms with Gasteiger partial charge in [0.05, 0.1) is 17.6 Å². The number of nitrogens with one attached hydrogen (secondary N) is 1. The highest BCUT2D eigenvalue weighted by Gasteiger charge is 2.27. The summed E-state index contributed by atoms with van der Waals surface area (Å²) in [4.78, 5) is 0. The van der Waals surface area contributed by atoms with E-state index in [1.807, 2.05) is 0 Å². The van der Waals surface area contributed by atoms with Crippen molar-refractivity contribution in [3.8, 4) is 0 Å². The van der Waals surface area contributed by atoms with Gasteiger partial charge in [0, 0.05) is 13.1 Å². The van der Waals surface area contributed by atoms with Gasteiger partial charge in [-0.05, 0) is 12.8 Å². The fraction of sp³-hybridized carbons (Fsp3) is 1.00. The number of hydrogen-bond donors (Lipinski definition) is 1. The van der Waals surface area contributed by atoms with Crippen molar-refractivity contribution in [2.75, 3.05) is 25.4 Å². The summed E-state index contributed by atoms with van der Waals surface area (Å²) in [6.45, 7) is 0.893. The lowest BCUT2D eigenvalue weighted by Crippen LogP contribution is -2.43. The predicted molar refractivity (Wildman–Crippen MR) is 45.2 cm³/mol. The Balaban J connectivity index is 2.49. The van der Waals surface area contributed by atoms with Crippen LogP contribution in [-0.2, 0) is 14.9 Å². The highest BCUT2D eigenvalue weighted by molar-refractivity contribution is 7.92. The summed E-state index contributed by atoms with van der Waals surface area (Å²) in [6.07, 6.45) is 0.977. The van der Waals surface area contributed by atoms with E-state index in [4.69, 9.17) is 0 Å². The van der Waals surface area contributed by atoms with E-state index in [0.717, 1.165) is 0 Å². The second-order valence-corrected chi connectivity index (χ2v) is 5.44. The van der Waals surface area contributed by atoms with E-state index in [0.29, 0.717) is 25.9 Å². The third-order valence-electron chi connectivity index (χ3n) is 2.11. The molecule has 0 aromatic carbocycles. The minimum atomic E-state index is -2.90. The van der Waals surface area contributed by atoms with Gasteiger partial charge in [0.1, 0.15) is 0 Å². The quantitative estimate of drug-likeness (QED) is 0.660. The molecule has 1 atom stereocenters. The van der Waals surface area contributed by atoms with Gasteiger partial charge in [-0.1, -0.05) is 0 Å². The summed E-state index contributed by atoms with van der Waals surface area (Å²) in [5.74, 6) is 0.219. The first-order valence-corrected chi connectivity index (χ1v) is 5.89. The third-order valence-corrected chi connectivity index (χ3v) is 4.30. The minimum Gasteiger partial charge on any atom is -0.314 e. The SMILES string of the molecule is [O]CCCC1CNCCS1(=O)=O. The van der Waals surface area contributed by atoms with Crippen molar-refractivity contribution in [3.05, 3.63) is 0 Å². The molecule has 1 rings (SSSR count). The van der Waals surface area contributed by atoms with Gasteiger partial charge in [0.2, 0.25) is 0 Å². The van der Waals surface area contributed by atoms with Crippen LogP contribution in [0.15, 0.2) is 0 Å². The van der Waals surface area contributed by atoms with Gasteiger partial charge in [-0.2, -0.15) is 0 Å². The van der Waals surface area contributed by atoms with E-state index < -0.39 is 9.84 Å². The molecule has 1 N–H and O–H groups in total. The van der Waals surface area contributed by atoms with Gasteiger partial charge < -0.3 is 5.32 Å². The summed E-state index contributed by atoms with van der Waals surface area (Å²) < 4.78 is 22.7. The molecule has 1 radical (unpaired) electrons. The highest BCUT2D eigenvalue weighted by atomic mass is 32.2. The van der Waals surface area contributed by atoms with Gasteiger partial charge >= 0.3 is 0 Å². The van der Waals surface area contributed by atoms with Crippen LogP contribution in [0.3, 0.4) is 0 Å². The molecule has 0 bridgehead atoms. The lowest BCUT2D eigenvalue weighted by molar-refractivity contribution is 0.186. The van der Waals surface area contributed by atoms with Crippen molar-refractivity contribution in [2.24, 2.45) is 0 Å². The number of rotatable bonds is 3. The van der Waals surface area contributed by atoms with Crippen molar-refractivity contribution in [2.45, 2.75) is 18.1 Å². The summed E-state index contributed by atoms with van der Waals surface area (Å²) in [5, 5.41) is 12.9. The topological polar surface area (TPSA) is 66.1 Å². The molecule has 1 saturated heterocycles. The van der Waals surface area contributed by atoms with Gasteiger partial charge in [0.25, 0.3) is 0 Å². The molecule has 1 aliphatic heterocycles. The maximum Gasteiger partial charge on any atom is 0.155 e. The highest BCUT2D eigenvalue weighted by Crippen LogP contribution is 2.11. The van der Waals surface area contributed by atoms with Crippen molar-refractivity contribution in [1.29, 1.82) is 0 Å². The fourth-order valence-electron chi connectivity index (χ4n) is 1.36. The molecular weight excluding hydrogens is 178 g/mol. The van der Waals surface area contributed by atoms with Crippen LogP contribution in [0.2, 0.25) is 0 Å². The van der Waals surface area contributed by atoms with Crippen LogP contribution in [-0.4, -0.2) is 39.1 Å². The molecule has 0 aromatic rings. The molecule has 4 nitrogen and oxygen atoms in total. The molecule has 1 heterocycles. The molecule has 5 heteroatoms. The van der Waals surface area contributed by atoms with Gasteiger partial charge in [-0.15, -0.1) is 0 Å². The van der Waals surface area contributed by atoms with E-state index in [1.54, 1.807) is 0 Å². The summed E-state index contributed by atoms with van der Waals surface area (Å²) in [5.41, 5.74) is 0. The van der Waals surface area contributed by atoms with Crippen molar-refractivity contribution in [1.82, 2.24) is 5.32 Å². The van der Waals surface area contributed by atoms with Crippen LogP contribution < -0.4 is 5.32 Å². The average Bonchev–Trinajstić information content (AvgIpc) is 2.02. The number of hydrogen-bond acceptors (Lipinski definition) is 3. The summed E-state index contributed by atoms with van der Waals surface area (Å²) in [6, 6.07) is 0. The lowest BCUT2D eigenvalue weighted by atomic mass is 10.2. The third kappa shape index (κ3) is 2.43. The Kier molecular flexibility index (Phi) is 3.49. The maximum atomic E-state index is 11.3. The Morgan fingerprint density at radius 2 is 2.17 bits per heavy atom. The van der Waals surface area contributed by atoms with Gasteiger partial charge in [-0.3, -0.25) is 0 Å². The Bertz CT molecular complexity index is 225. The molecule has 71 valence electrons. The molecule has 1 aliphatic rings. The van der Waals surface area contributed by atoms with Crippen LogP contribution >= 0.6 is 0 Å². The molecular formula is C7H14NO3S. The first kappa shape index (κ1) is 9.95. The molecule has 1 unspecified atom stereocenters. The van der Waals surface area contributed by atoms with Gasteiger partial charge in [-0.25, -0.2) is 13.5 Å². The normalized spacial score (nSPS) is 28.6. The summed E-state index contributed by atoms with van der Waals surface area (Å²) in [7, 11) is -2.90. The van der Waals surface area contributed by atoms with E-state index in [2.05, 4.69) is 5.32 Å². The zero-order chi connectivity index (χ0) is 9.03. The first-order chi connectivity index (χ1) is 5.67. The van der Waals surface area contributed by atoms with Crippen molar-refractivity contribution < 1.29 is 13.5 Å². The van der Waals surface area contributed by atoms with E-state index in [-0.39, 0.29) is 17.6 Å². The smallest absolute Gasteiger partial charge is 0.155 e. The first-order valence-electron chi connectivity index (χ1n) is 4.17. The van der Waals surface area contributed by atoms with Crippen LogP contribution in [0.1, 0.15) is 12.8 Å². The molecule has 0 spiro atoms. The van der Waals surface area contributed by atoms with Crippen LogP contribution in [0.5, 0.6) is 0 Å². The molecule has 0 saturated carbocycles. The second-order valence-electron chi connectivity index (χ2n) is 3.04. The minimum absolute atomic E-state index is 0.175. The fourth-order valence-corrected chi connectivity index (χ4v) is 3.02. The Morgan fingerprint density at radius 1 is 1.42 bits per heavy atom. The molecule has 0 aliphatic carbocycles. The largest absolute Gasteiger partial charge is 0.314 e.